The molecule has 16 heavy (non-hydrogen) atoms. The second-order valence-corrected chi connectivity index (χ2v) is 3.47. The lowest BCUT2D eigenvalue weighted by Gasteiger charge is -2.11. The van der Waals surface area contributed by atoms with E-state index in [4.69, 9.17) is 5.11 Å². The van der Waals surface area contributed by atoms with E-state index in [2.05, 4.69) is 10.3 Å². The zero-order valence-corrected chi connectivity index (χ0v) is 10.1. The number of halogens is 2. The van der Waals surface area contributed by atoms with E-state index in [1.807, 2.05) is 12.1 Å². The standard InChI is InChI=1S/C10H12N2O2.2ClH/c13-10(14)9-4-3-8(12-9)7-2-1-5-11-6-7;;/h1-2,5-6,8-9,12H,3-4H2,(H,13,14);2*1H/t8-,9+;;/m0../s1. The molecule has 0 unspecified atom stereocenters. The second kappa shape index (κ2) is 6.68. The van der Waals surface area contributed by atoms with E-state index in [1.54, 1.807) is 12.4 Å². The minimum Gasteiger partial charge on any atom is -0.480 e. The topological polar surface area (TPSA) is 62.2 Å². The van der Waals surface area contributed by atoms with Crippen LogP contribution < -0.4 is 5.32 Å². The number of rotatable bonds is 2. The highest BCUT2D eigenvalue weighted by atomic mass is 35.5. The molecule has 1 aliphatic rings. The molecule has 1 aliphatic heterocycles. The van der Waals surface area contributed by atoms with Gasteiger partial charge in [0.25, 0.3) is 0 Å². The number of carbonyl (C=O) groups is 1. The van der Waals surface area contributed by atoms with E-state index >= 15 is 0 Å². The van der Waals surface area contributed by atoms with Crippen LogP contribution in [-0.4, -0.2) is 22.1 Å². The summed E-state index contributed by atoms with van der Waals surface area (Å²) in [5.41, 5.74) is 1.07. The Morgan fingerprint density at radius 3 is 2.69 bits per heavy atom. The third-order valence-corrected chi connectivity index (χ3v) is 2.53. The van der Waals surface area contributed by atoms with Crippen molar-refractivity contribution < 1.29 is 9.90 Å². The van der Waals surface area contributed by atoms with Gasteiger partial charge in [0.05, 0.1) is 0 Å². The summed E-state index contributed by atoms with van der Waals surface area (Å²) in [5, 5.41) is 11.9. The van der Waals surface area contributed by atoms with Gasteiger partial charge in [-0.1, -0.05) is 6.07 Å². The van der Waals surface area contributed by atoms with Gasteiger partial charge in [-0.05, 0) is 24.5 Å². The highest BCUT2D eigenvalue weighted by Gasteiger charge is 2.29. The minimum absolute atomic E-state index is 0. The molecule has 0 bridgehead atoms. The molecule has 1 aromatic heterocycles. The molecule has 90 valence electrons. The first-order valence-electron chi connectivity index (χ1n) is 4.66. The predicted octanol–water partition coefficient (Wildman–Crippen LogP) is 1.80. The molecule has 1 aromatic rings. The van der Waals surface area contributed by atoms with Crippen molar-refractivity contribution >= 4 is 30.8 Å². The lowest BCUT2D eigenvalue weighted by atomic mass is 10.1. The largest absolute Gasteiger partial charge is 0.480 e. The zero-order chi connectivity index (χ0) is 9.97. The number of pyridine rings is 1. The normalized spacial score (nSPS) is 23.0. The van der Waals surface area contributed by atoms with Gasteiger partial charge in [0.2, 0.25) is 0 Å². The molecule has 2 heterocycles. The van der Waals surface area contributed by atoms with Crippen LogP contribution in [0.5, 0.6) is 0 Å². The van der Waals surface area contributed by atoms with Gasteiger partial charge in [-0.15, -0.1) is 24.8 Å². The summed E-state index contributed by atoms with van der Waals surface area (Å²) in [7, 11) is 0. The van der Waals surface area contributed by atoms with E-state index in [1.165, 1.54) is 0 Å². The Balaban J connectivity index is 0.00000112. The maximum Gasteiger partial charge on any atom is 0.320 e. The van der Waals surface area contributed by atoms with E-state index < -0.39 is 12.0 Å². The number of aromatic nitrogens is 1. The van der Waals surface area contributed by atoms with Crippen molar-refractivity contribution in [1.29, 1.82) is 0 Å². The van der Waals surface area contributed by atoms with Crippen molar-refractivity contribution in [1.82, 2.24) is 10.3 Å². The molecule has 1 saturated heterocycles. The van der Waals surface area contributed by atoms with E-state index in [9.17, 15) is 4.79 Å². The molecular formula is C10H14Cl2N2O2. The Morgan fingerprint density at radius 1 is 1.44 bits per heavy atom. The van der Waals surface area contributed by atoms with Gasteiger partial charge >= 0.3 is 5.97 Å². The highest BCUT2D eigenvalue weighted by molar-refractivity contribution is 5.85. The second-order valence-electron chi connectivity index (χ2n) is 3.47. The molecule has 0 aliphatic carbocycles. The Labute approximate surface area is 106 Å². The number of hydrogen-bond acceptors (Lipinski definition) is 3. The molecule has 0 aromatic carbocycles. The molecule has 2 rings (SSSR count). The summed E-state index contributed by atoms with van der Waals surface area (Å²) in [4.78, 5) is 14.7. The Bertz CT molecular complexity index is 335. The summed E-state index contributed by atoms with van der Waals surface area (Å²) >= 11 is 0. The summed E-state index contributed by atoms with van der Waals surface area (Å²) in [6.07, 6.45) is 5.05. The van der Waals surface area contributed by atoms with Crippen LogP contribution in [0.1, 0.15) is 24.4 Å². The molecule has 1 fully saturated rings. The highest BCUT2D eigenvalue weighted by Crippen LogP contribution is 2.25. The Morgan fingerprint density at radius 2 is 2.19 bits per heavy atom. The number of carboxylic acids is 1. The first-order chi connectivity index (χ1) is 6.77. The third kappa shape index (κ3) is 3.33. The SMILES string of the molecule is Cl.Cl.O=C(O)[C@H]1CC[C@@H](c2cccnc2)N1. The summed E-state index contributed by atoms with van der Waals surface area (Å²) in [5.74, 6) is -0.767. The Hall–Kier alpha value is -0.840. The lowest BCUT2D eigenvalue weighted by molar-refractivity contribution is -0.139. The number of hydrogen-bond donors (Lipinski definition) is 2. The fourth-order valence-electron chi connectivity index (χ4n) is 1.78. The molecule has 0 radical (unpaired) electrons. The summed E-state index contributed by atoms with van der Waals surface area (Å²) in [6, 6.07) is 3.57. The molecule has 0 spiro atoms. The van der Waals surface area contributed by atoms with Gasteiger partial charge in [-0.3, -0.25) is 15.1 Å². The number of nitrogens with zero attached hydrogens (tertiary/aromatic N) is 1. The quantitative estimate of drug-likeness (QED) is 0.856. The van der Waals surface area contributed by atoms with Gasteiger partial charge in [0, 0.05) is 18.4 Å². The first-order valence-corrected chi connectivity index (χ1v) is 4.66. The molecular weight excluding hydrogens is 251 g/mol. The fourth-order valence-corrected chi connectivity index (χ4v) is 1.78. The monoisotopic (exact) mass is 264 g/mol. The van der Waals surface area contributed by atoms with Crippen molar-refractivity contribution in [3.63, 3.8) is 0 Å². The minimum atomic E-state index is -0.767. The first kappa shape index (κ1) is 15.2. The van der Waals surface area contributed by atoms with Crippen molar-refractivity contribution in [3.05, 3.63) is 30.1 Å². The van der Waals surface area contributed by atoms with Crippen LogP contribution in [0.25, 0.3) is 0 Å². The van der Waals surface area contributed by atoms with Gasteiger partial charge in [-0.25, -0.2) is 0 Å². The molecule has 0 saturated carbocycles. The van der Waals surface area contributed by atoms with Gasteiger partial charge in [0.15, 0.2) is 0 Å². The zero-order valence-electron chi connectivity index (χ0n) is 8.50. The molecule has 4 nitrogen and oxygen atoms in total. The van der Waals surface area contributed by atoms with Crippen LogP contribution in [0.3, 0.4) is 0 Å². The van der Waals surface area contributed by atoms with Crippen molar-refractivity contribution in [2.75, 3.05) is 0 Å². The van der Waals surface area contributed by atoms with E-state index in [0.717, 1.165) is 12.0 Å². The summed E-state index contributed by atoms with van der Waals surface area (Å²) < 4.78 is 0. The average Bonchev–Trinajstić information content (AvgIpc) is 2.68. The number of nitrogens with one attached hydrogen (secondary N) is 1. The summed E-state index contributed by atoms with van der Waals surface area (Å²) in [6.45, 7) is 0. The molecule has 2 atom stereocenters. The van der Waals surface area contributed by atoms with Gasteiger partial charge < -0.3 is 5.11 Å². The molecule has 6 heteroatoms. The van der Waals surface area contributed by atoms with Crippen LogP contribution in [0.2, 0.25) is 0 Å². The number of carboxylic acid groups (broad SMARTS) is 1. The van der Waals surface area contributed by atoms with Crippen LogP contribution in [0.4, 0.5) is 0 Å². The van der Waals surface area contributed by atoms with Crippen molar-refractivity contribution in [2.24, 2.45) is 0 Å². The maximum atomic E-state index is 10.7. The fraction of sp³-hybridized carbons (Fsp3) is 0.400. The Kier molecular flexibility index (Phi) is 6.33. The number of aliphatic carboxylic acids is 1. The maximum absolute atomic E-state index is 10.7. The van der Waals surface area contributed by atoms with Crippen LogP contribution in [0.15, 0.2) is 24.5 Å². The van der Waals surface area contributed by atoms with Crippen molar-refractivity contribution in [2.45, 2.75) is 24.9 Å². The van der Waals surface area contributed by atoms with E-state index in [-0.39, 0.29) is 30.9 Å². The average molecular weight is 265 g/mol. The van der Waals surface area contributed by atoms with Gasteiger partial charge in [0.1, 0.15) is 6.04 Å². The van der Waals surface area contributed by atoms with Crippen molar-refractivity contribution in [3.8, 4) is 0 Å². The smallest absolute Gasteiger partial charge is 0.320 e. The van der Waals surface area contributed by atoms with Crippen LogP contribution >= 0.6 is 24.8 Å². The third-order valence-electron chi connectivity index (χ3n) is 2.53. The molecule has 0 amide bonds. The lowest BCUT2D eigenvalue weighted by Crippen LogP contribution is -2.31. The van der Waals surface area contributed by atoms with Crippen LogP contribution in [-0.2, 0) is 4.79 Å². The predicted molar refractivity (Wildman–Crippen MR) is 65.3 cm³/mol. The van der Waals surface area contributed by atoms with E-state index in [0.29, 0.717) is 6.42 Å². The molecule has 2 N–H and O–H groups in total. The van der Waals surface area contributed by atoms with Crippen LogP contribution in [0, 0.1) is 0 Å². The van der Waals surface area contributed by atoms with Gasteiger partial charge in [-0.2, -0.15) is 0 Å².